The van der Waals surface area contributed by atoms with Crippen LogP contribution in [-0.4, -0.2) is 35.0 Å². The molecule has 0 bridgehead atoms. The minimum Gasteiger partial charge on any atom is -0.306 e. The first-order chi connectivity index (χ1) is 8.22. The predicted molar refractivity (Wildman–Crippen MR) is 69.2 cm³/mol. The Bertz CT molecular complexity index is 563. The normalized spacial score (nSPS) is 16.8. The molecule has 0 N–H and O–H groups in total. The molecule has 0 saturated heterocycles. The van der Waals surface area contributed by atoms with E-state index in [4.69, 9.17) is 0 Å². The largest absolute Gasteiger partial charge is 0.306 e. The first-order valence-corrected chi connectivity index (χ1v) is 6.16. The molecule has 1 aliphatic rings. The monoisotopic (exact) mass is 227 g/mol. The van der Waals surface area contributed by atoms with Gasteiger partial charge in [-0.3, -0.25) is 4.98 Å². The molecule has 0 unspecified atom stereocenters. The smallest absolute Gasteiger partial charge is 0.0892 e. The number of hydrogen-bond donors (Lipinski definition) is 0. The average molecular weight is 227 g/mol. The number of rotatable bonds is 0. The summed E-state index contributed by atoms with van der Waals surface area (Å²) in [6.07, 6.45) is 4.09. The lowest BCUT2D eigenvalue weighted by Gasteiger charge is -2.10. The summed E-state index contributed by atoms with van der Waals surface area (Å²) in [5.74, 6) is 0. The molecule has 17 heavy (non-hydrogen) atoms. The van der Waals surface area contributed by atoms with Crippen molar-refractivity contribution in [1.82, 2.24) is 14.9 Å². The van der Waals surface area contributed by atoms with Crippen LogP contribution in [0, 0.1) is 6.92 Å². The van der Waals surface area contributed by atoms with Crippen molar-refractivity contribution in [2.24, 2.45) is 0 Å². The molecular formula is C14H17N3. The van der Waals surface area contributed by atoms with E-state index in [0.717, 1.165) is 42.7 Å². The molecule has 1 aromatic heterocycles. The van der Waals surface area contributed by atoms with Gasteiger partial charge in [-0.2, -0.15) is 0 Å². The zero-order chi connectivity index (χ0) is 11.8. The molecule has 0 saturated carbocycles. The highest BCUT2D eigenvalue weighted by atomic mass is 15.1. The summed E-state index contributed by atoms with van der Waals surface area (Å²) >= 11 is 0. The van der Waals surface area contributed by atoms with Crippen molar-refractivity contribution < 1.29 is 0 Å². The molecule has 0 fully saturated rings. The third kappa shape index (κ3) is 2.03. The highest BCUT2D eigenvalue weighted by Gasteiger charge is 2.12. The molecular weight excluding hydrogens is 210 g/mol. The maximum absolute atomic E-state index is 4.56. The molecule has 0 spiro atoms. The van der Waals surface area contributed by atoms with Crippen molar-refractivity contribution in [3.05, 3.63) is 35.2 Å². The van der Waals surface area contributed by atoms with Gasteiger partial charge in [0.15, 0.2) is 0 Å². The molecule has 0 aliphatic carbocycles. The average Bonchev–Trinajstić information content (AvgIpc) is 2.49. The van der Waals surface area contributed by atoms with Crippen LogP contribution in [-0.2, 0) is 12.8 Å². The van der Waals surface area contributed by atoms with Gasteiger partial charge in [0, 0.05) is 19.3 Å². The van der Waals surface area contributed by atoms with Crippen LogP contribution in [0.2, 0.25) is 0 Å². The number of hydrogen-bond acceptors (Lipinski definition) is 3. The van der Waals surface area contributed by atoms with E-state index in [1.54, 1.807) is 0 Å². The fourth-order valence-electron chi connectivity index (χ4n) is 2.44. The number of aromatic nitrogens is 2. The molecule has 0 radical (unpaired) electrons. The number of benzene rings is 1. The van der Waals surface area contributed by atoms with Gasteiger partial charge in [-0.05, 0) is 50.1 Å². The topological polar surface area (TPSA) is 29.0 Å². The van der Waals surface area contributed by atoms with Gasteiger partial charge in [0.25, 0.3) is 0 Å². The third-order valence-corrected chi connectivity index (χ3v) is 3.51. The Labute approximate surface area is 101 Å². The van der Waals surface area contributed by atoms with Gasteiger partial charge in [0.2, 0.25) is 0 Å². The Morgan fingerprint density at radius 1 is 1.06 bits per heavy atom. The molecule has 88 valence electrons. The van der Waals surface area contributed by atoms with Gasteiger partial charge < -0.3 is 4.90 Å². The van der Waals surface area contributed by atoms with Gasteiger partial charge >= 0.3 is 0 Å². The highest BCUT2D eigenvalue weighted by molar-refractivity contribution is 5.76. The van der Waals surface area contributed by atoms with Crippen molar-refractivity contribution in [2.45, 2.75) is 19.8 Å². The summed E-state index contributed by atoms with van der Waals surface area (Å²) in [4.78, 5) is 11.4. The van der Waals surface area contributed by atoms with E-state index in [9.17, 15) is 0 Å². The molecule has 3 heteroatoms. The van der Waals surface area contributed by atoms with Crippen LogP contribution in [0.4, 0.5) is 0 Å². The SMILES string of the molecule is Cc1cnc2cc3c(cc2n1)CCN(C)CC3. The Morgan fingerprint density at radius 3 is 2.41 bits per heavy atom. The van der Waals surface area contributed by atoms with Crippen LogP contribution in [0.5, 0.6) is 0 Å². The van der Waals surface area contributed by atoms with Crippen LogP contribution < -0.4 is 0 Å². The van der Waals surface area contributed by atoms with E-state index < -0.39 is 0 Å². The molecule has 1 aliphatic heterocycles. The lowest BCUT2D eigenvalue weighted by molar-refractivity contribution is 0.352. The molecule has 0 amide bonds. The Hall–Kier alpha value is -1.48. The summed E-state index contributed by atoms with van der Waals surface area (Å²) < 4.78 is 0. The summed E-state index contributed by atoms with van der Waals surface area (Å²) in [5, 5.41) is 0. The quantitative estimate of drug-likeness (QED) is 0.689. The highest BCUT2D eigenvalue weighted by Crippen LogP contribution is 2.21. The Kier molecular flexibility index (Phi) is 2.56. The molecule has 1 aromatic carbocycles. The summed E-state index contributed by atoms with van der Waals surface area (Å²) in [6.45, 7) is 4.27. The minimum absolute atomic E-state index is 0.989. The Morgan fingerprint density at radius 2 is 1.71 bits per heavy atom. The maximum atomic E-state index is 4.56. The summed E-state index contributed by atoms with van der Waals surface area (Å²) in [7, 11) is 2.19. The van der Waals surface area contributed by atoms with Gasteiger partial charge in [-0.15, -0.1) is 0 Å². The van der Waals surface area contributed by atoms with Crippen molar-refractivity contribution >= 4 is 11.0 Å². The van der Waals surface area contributed by atoms with Crippen LogP contribution in [0.1, 0.15) is 16.8 Å². The fourth-order valence-corrected chi connectivity index (χ4v) is 2.44. The predicted octanol–water partition coefficient (Wildman–Crippen LogP) is 1.97. The zero-order valence-electron chi connectivity index (χ0n) is 10.4. The number of aryl methyl sites for hydroxylation is 1. The third-order valence-electron chi connectivity index (χ3n) is 3.51. The lowest BCUT2D eigenvalue weighted by Crippen LogP contribution is -2.20. The number of likely N-dealkylation sites (N-methyl/N-ethyl adjacent to an activating group) is 1. The van der Waals surface area contributed by atoms with Crippen molar-refractivity contribution in [2.75, 3.05) is 20.1 Å². The van der Waals surface area contributed by atoms with E-state index in [2.05, 4.69) is 34.0 Å². The Balaban J connectivity index is 2.13. The first-order valence-electron chi connectivity index (χ1n) is 6.16. The molecule has 2 heterocycles. The van der Waals surface area contributed by atoms with Gasteiger partial charge in [-0.25, -0.2) is 4.98 Å². The fraction of sp³-hybridized carbons (Fsp3) is 0.429. The van der Waals surface area contributed by atoms with E-state index in [0.29, 0.717) is 0 Å². The lowest BCUT2D eigenvalue weighted by atomic mass is 10.0. The van der Waals surface area contributed by atoms with Gasteiger partial charge in [-0.1, -0.05) is 0 Å². The summed E-state index contributed by atoms with van der Waals surface area (Å²) in [6, 6.07) is 4.44. The van der Waals surface area contributed by atoms with Crippen LogP contribution in [0.15, 0.2) is 18.3 Å². The van der Waals surface area contributed by atoms with Gasteiger partial charge in [0.05, 0.1) is 16.7 Å². The minimum atomic E-state index is 0.989. The molecule has 3 nitrogen and oxygen atoms in total. The molecule has 0 atom stereocenters. The maximum Gasteiger partial charge on any atom is 0.0892 e. The second-order valence-corrected chi connectivity index (χ2v) is 4.92. The van der Waals surface area contributed by atoms with Crippen LogP contribution in [0.3, 0.4) is 0 Å². The van der Waals surface area contributed by atoms with E-state index in [-0.39, 0.29) is 0 Å². The van der Waals surface area contributed by atoms with Crippen molar-refractivity contribution in [1.29, 1.82) is 0 Å². The van der Waals surface area contributed by atoms with Crippen LogP contribution in [0.25, 0.3) is 11.0 Å². The van der Waals surface area contributed by atoms with Crippen LogP contribution >= 0.6 is 0 Å². The second kappa shape index (κ2) is 4.08. The number of nitrogens with zero attached hydrogens (tertiary/aromatic N) is 3. The van der Waals surface area contributed by atoms with Crippen molar-refractivity contribution in [3.8, 4) is 0 Å². The van der Waals surface area contributed by atoms with E-state index in [1.165, 1.54) is 11.1 Å². The number of fused-ring (bicyclic) bond motifs is 2. The summed E-state index contributed by atoms with van der Waals surface area (Å²) in [5.41, 5.74) is 5.94. The first kappa shape index (κ1) is 10.7. The molecule has 2 aromatic rings. The van der Waals surface area contributed by atoms with E-state index >= 15 is 0 Å². The van der Waals surface area contributed by atoms with Crippen molar-refractivity contribution in [3.63, 3.8) is 0 Å². The standard InChI is InChI=1S/C14H17N3/c1-10-9-15-13-7-11-3-5-17(2)6-4-12(11)8-14(13)16-10/h7-9H,3-6H2,1-2H3. The molecule has 3 rings (SSSR count). The zero-order valence-corrected chi connectivity index (χ0v) is 10.4. The van der Waals surface area contributed by atoms with E-state index in [1.807, 2.05) is 13.1 Å². The van der Waals surface area contributed by atoms with Gasteiger partial charge in [0.1, 0.15) is 0 Å². The second-order valence-electron chi connectivity index (χ2n) is 4.92.